The first-order chi connectivity index (χ1) is 12.6. The Balaban J connectivity index is 1.73. The van der Waals surface area contributed by atoms with Gasteiger partial charge in [-0.3, -0.25) is 4.79 Å². The highest BCUT2D eigenvalue weighted by atomic mass is 19.1. The highest BCUT2D eigenvalue weighted by Crippen LogP contribution is 2.30. The van der Waals surface area contributed by atoms with E-state index in [1.54, 1.807) is 0 Å². The van der Waals surface area contributed by atoms with Crippen LogP contribution in [0.5, 0.6) is 11.5 Å². The molecule has 2 N–H and O–H groups in total. The van der Waals surface area contributed by atoms with Gasteiger partial charge in [0, 0.05) is 12.7 Å². The van der Waals surface area contributed by atoms with Crippen molar-refractivity contribution in [2.75, 3.05) is 24.6 Å². The number of hydrogen-bond acceptors (Lipinski definition) is 5. The monoisotopic (exact) mass is 359 g/mol. The van der Waals surface area contributed by atoms with Gasteiger partial charge in [0.1, 0.15) is 6.10 Å². The Hall–Kier alpha value is -2.83. The molecule has 3 rings (SSSR count). The zero-order valence-corrected chi connectivity index (χ0v) is 14.7. The molecule has 1 atom stereocenters. The molecule has 0 radical (unpaired) electrons. The number of primary amides is 1. The van der Waals surface area contributed by atoms with Gasteiger partial charge in [0.25, 0.3) is 0 Å². The highest BCUT2D eigenvalue weighted by molar-refractivity contribution is 5.92. The Bertz CT molecular complexity index is 784. The van der Waals surface area contributed by atoms with Gasteiger partial charge >= 0.3 is 0 Å². The van der Waals surface area contributed by atoms with Crippen LogP contribution in [0.1, 0.15) is 30.1 Å². The van der Waals surface area contributed by atoms with E-state index in [0.717, 1.165) is 18.9 Å². The lowest BCUT2D eigenvalue weighted by Gasteiger charge is -2.34. The second-order valence-corrected chi connectivity index (χ2v) is 6.10. The zero-order valence-electron chi connectivity index (χ0n) is 14.7. The van der Waals surface area contributed by atoms with Gasteiger partial charge in [-0.05, 0) is 38.0 Å². The van der Waals surface area contributed by atoms with Crippen LogP contribution < -0.4 is 20.1 Å². The number of para-hydroxylation sites is 2. The number of hydrogen-bond donors (Lipinski definition) is 1. The van der Waals surface area contributed by atoms with Crippen LogP contribution in [0.4, 0.5) is 10.2 Å². The molecule has 1 aromatic heterocycles. The van der Waals surface area contributed by atoms with Gasteiger partial charge in [0.05, 0.1) is 18.7 Å². The third kappa shape index (κ3) is 4.04. The third-order valence-electron chi connectivity index (χ3n) is 4.23. The molecule has 1 unspecified atom stereocenters. The van der Waals surface area contributed by atoms with E-state index >= 15 is 0 Å². The standard InChI is InChI=1S/C19H22FN3O3/c1-2-25-16-7-3-4-8-17(16)26-14-6-5-9-23(12-14)19-15(20)10-13(11-22-19)18(21)24/h3-4,7-8,10-11,14H,2,5-6,9,12H2,1H3,(H2,21,24). The molecule has 1 fully saturated rings. The zero-order chi connectivity index (χ0) is 18.5. The number of carbonyl (C=O) groups is 1. The van der Waals surface area contributed by atoms with E-state index in [9.17, 15) is 9.18 Å². The summed E-state index contributed by atoms with van der Waals surface area (Å²) < 4.78 is 26.0. The molecule has 2 heterocycles. The van der Waals surface area contributed by atoms with Crippen LogP contribution in [0.15, 0.2) is 36.5 Å². The fourth-order valence-electron chi connectivity index (χ4n) is 3.03. The molecule has 1 aliphatic rings. The summed E-state index contributed by atoms with van der Waals surface area (Å²) in [5.74, 6) is 0.328. The molecule has 1 aromatic carbocycles. The molecule has 0 bridgehead atoms. The van der Waals surface area contributed by atoms with E-state index in [-0.39, 0.29) is 17.5 Å². The quantitative estimate of drug-likeness (QED) is 0.858. The number of nitrogens with zero attached hydrogens (tertiary/aromatic N) is 2. The van der Waals surface area contributed by atoms with Crippen LogP contribution in [0, 0.1) is 5.82 Å². The van der Waals surface area contributed by atoms with E-state index in [2.05, 4.69) is 4.98 Å². The molecule has 6 nitrogen and oxygen atoms in total. The van der Waals surface area contributed by atoms with Crippen molar-refractivity contribution in [2.45, 2.75) is 25.9 Å². The van der Waals surface area contributed by atoms with Crippen LogP contribution in [-0.4, -0.2) is 36.7 Å². The van der Waals surface area contributed by atoms with Crippen molar-refractivity contribution in [3.05, 3.63) is 47.9 Å². The number of ether oxygens (including phenoxy) is 2. The van der Waals surface area contributed by atoms with Crippen molar-refractivity contribution in [2.24, 2.45) is 5.73 Å². The summed E-state index contributed by atoms with van der Waals surface area (Å²) in [6.07, 6.45) is 2.90. The lowest BCUT2D eigenvalue weighted by atomic mass is 10.1. The Morgan fingerprint density at radius 1 is 1.38 bits per heavy atom. The number of piperidine rings is 1. The lowest BCUT2D eigenvalue weighted by Crippen LogP contribution is -2.42. The fraction of sp³-hybridized carbons (Fsp3) is 0.368. The Morgan fingerprint density at radius 3 is 2.85 bits per heavy atom. The van der Waals surface area contributed by atoms with E-state index in [4.69, 9.17) is 15.2 Å². The summed E-state index contributed by atoms with van der Waals surface area (Å²) in [5.41, 5.74) is 5.22. The summed E-state index contributed by atoms with van der Waals surface area (Å²) >= 11 is 0. The summed E-state index contributed by atoms with van der Waals surface area (Å²) in [7, 11) is 0. The molecule has 2 aromatic rings. The SMILES string of the molecule is CCOc1ccccc1OC1CCCN(c2ncc(C(N)=O)cc2F)C1. The maximum atomic E-state index is 14.3. The second kappa shape index (κ2) is 8.03. The van der Waals surface area contributed by atoms with Crippen molar-refractivity contribution in [3.63, 3.8) is 0 Å². The first-order valence-corrected chi connectivity index (χ1v) is 8.67. The molecule has 0 saturated carbocycles. The molecular formula is C19H22FN3O3. The van der Waals surface area contributed by atoms with Crippen LogP contribution in [0.3, 0.4) is 0 Å². The van der Waals surface area contributed by atoms with Gasteiger partial charge in [0.2, 0.25) is 5.91 Å². The van der Waals surface area contributed by atoms with Gasteiger partial charge in [-0.15, -0.1) is 0 Å². The average molecular weight is 359 g/mol. The minimum Gasteiger partial charge on any atom is -0.490 e. The van der Waals surface area contributed by atoms with Gasteiger partial charge in [-0.1, -0.05) is 12.1 Å². The number of pyridine rings is 1. The highest BCUT2D eigenvalue weighted by Gasteiger charge is 2.25. The Morgan fingerprint density at radius 2 is 2.15 bits per heavy atom. The van der Waals surface area contributed by atoms with Crippen molar-refractivity contribution in [3.8, 4) is 11.5 Å². The maximum absolute atomic E-state index is 14.3. The molecule has 0 aliphatic carbocycles. The van der Waals surface area contributed by atoms with Gasteiger partial charge in [0.15, 0.2) is 23.1 Å². The number of halogens is 1. The molecule has 1 saturated heterocycles. The predicted octanol–water partition coefficient (Wildman–Crippen LogP) is 2.77. The topological polar surface area (TPSA) is 77.7 Å². The van der Waals surface area contributed by atoms with E-state index in [1.807, 2.05) is 36.1 Å². The second-order valence-electron chi connectivity index (χ2n) is 6.10. The van der Waals surface area contributed by atoms with E-state index < -0.39 is 11.7 Å². The minimum atomic E-state index is -0.699. The Kier molecular flexibility index (Phi) is 5.55. The normalized spacial score (nSPS) is 17.0. The molecular weight excluding hydrogens is 337 g/mol. The first-order valence-electron chi connectivity index (χ1n) is 8.67. The van der Waals surface area contributed by atoms with E-state index in [1.165, 1.54) is 6.20 Å². The van der Waals surface area contributed by atoms with Crippen LogP contribution in [0.25, 0.3) is 0 Å². The molecule has 7 heteroatoms. The fourth-order valence-corrected chi connectivity index (χ4v) is 3.03. The van der Waals surface area contributed by atoms with Crippen molar-refractivity contribution < 1.29 is 18.7 Å². The van der Waals surface area contributed by atoms with Crippen molar-refractivity contribution in [1.29, 1.82) is 0 Å². The van der Waals surface area contributed by atoms with Gasteiger partial charge in [-0.2, -0.15) is 0 Å². The number of anilines is 1. The summed E-state index contributed by atoms with van der Waals surface area (Å²) in [5, 5.41) is 0. The lowest BCUT2D eigenvalue weighted by molar-refractivity contribution is 0.0999. The van der Waals surface area contributed by atoms with Crippen molar-refractivity contribution >= 4 is 11.7 Å². The summed E-state index contributed by atoms with van der Waals surface area (Å²) in [4.78, 5) is 17.1. The van der Waals surface area contributed by atoms with Gasteiger partial charge < -0.3 is 20.1 Å². The predicted molar refractivity (Wildman–Crippen MR) is 96.2 cm³/mol. The molecule has 26 heavy (non-hydrogen) atoms. The number of benzene rings is 1. The number of aromatic nitrogens is 1. The smallest absolute Gasteiger partial charge is 0.250 e. The third-order valence-corrected chi connectivity index (χ3v) is 4.23. The number of carbonyl (C=O) groups excluding carboxylic acids is 1. The number of amides is 1. The van der Waals surface area contributed by atoms with Crippen LogP contribution in [-0.2, 0) is 0 Å². The number of rotatable bonds is 6. The minimum absolute atomic E-state index is 0.0571. The van der Waals surface area contributed by atoms with Crippen LogP contribution >= 0.6 is 0 Å². The van der Waals surface area contributed by atoms with Gasteiger partial charge in [-0.25, -0.2) is 9.37 Å². The first kappa shape index (κ1) is 18.0. The maximum Gasteiger partial charge on any atom is 0.250 e. The number of nitrogens with two attached hydrogens (primary N) is 1. The molecule has 0 spiro atoms. The van der Waals surface area contributed by atoms with Crippen LogP contribution in [0.2, 0.25) is 0 Å². The van der Waals surface area contributed by atoms with E-state index in [0.29, 0.717) is 31.2 Å². The summed E-state index contributed by atoms with van der Waals surface area (Å²) in [6, 6.07) is 8.64. The molecule has 1 aliphatic heterocycles. The Labute approximate surface area is 151 Å². The molecule has 1 amide bonds. The molecule has 138 valence electrons. The average Bonchev–Trinajstić information content (AvgIpc) is 2.63. The van der Waals surface area contributed by atoms with Crippen molar-refractivity contribution in [1.82, 2.24) is 4.98 Å². The largest absolute Gasteiger partial charge is 0.490 e. The summed E-state index contributed by atoms with van der Waals surface area (Å²) in [6.45, 7) is 3.65.